The zero-order valence-corrected chi connectivity index (χ0v) is 8.90. The Bertz CT molecular complexity index is 364. The van der Waals surface area contributed by atoms with E-state index in [2.05, 4.69) is 0 Å². The van der Waals surface area contributed by atoms with E-state index in [9.17, 15) is 5.21 Å². The molecule has 1 aromatic heterocycles. The van der Waals surface area contributed by atoms with Gasteiger partial charge in [0.15, 0.2) is 0 Å². The molecule has 0 saturated carbocycles. The van der Waals surface area contributed by atoms with Crippen LogP contribution in [0.4, 0.5) is 5.82 Å². The first-order valence-corrected chi connectivity index (χ1v) is 4.62. The molecule has 1 aromatic rings. The maximum Gasteiger partial charge on any atom is 0.279 e. The van der Waals surface area contributed by atoms with Crippen LogP contribution in [-0.2, 0) is 6.42 Å². The molecule has 5 nitrogen and oxygen atoms in total. The largest absolute Gasteiger partial charge is 0.710 e. The van der Waals surface area contributed by atoms with Crippen LogP contribution in [0.25, 0.3) is 0 Å². The second kappa shape index (κ2) is 4.75. The van der Waals surface area contributed by atoms with Crippen molar-refractivity contribution in [1.29, 1.82) is 5.41 Å². The molecule has 0 bridgehead atoms. The summed E-state index contributed by atoms with van der Waals surface area (Å²) in [7, 11) is 3.57. The molecular weight excluding hydrogens is 194 g/mol. The van der Waals surface area contributed by atoms with Crippen LogP contribution >= 0.6 is 0 Å². The summed E-state index contributed by atoms with van der Waals surface area (Å²) < 4.78 is 0.782. The van der Waals surface area contributed by atoms with E-state index in [1.807, 2.05) is 0 Å². The summed E-state index contributed by atoms with van der Waals surface area (Å²) in [6.45, 7) is -0.313. The van der Waals surface area contributed by atoms with Crippen molar-refractivity contribution in [1.82, 2.24) is 0 Å². The lowest BCUT2D eigenvalue weighted by Gasteiger charge is -2.16. The number of hydrogen-bond donors (Lipinski definition) is 2. The molecule has 0 aromatic carbocycles. The number of rotatable bonds is 4. The Labute approximate surface area is 88.7 Å². The minimum atomic E-state index is -0.313. The predicted octanol–water partition coefficient (Wildman–Crippen LogP) is -0.0594. The fourth-order valence-corrected chi connectivity index (χ4v) is 1.26. The highest BCUT2D eigenvalue weighted by Crippen LogP contribution is 2.05. The zero-order valence-electron chi connectivity index (χ0n) is 8.90. The Morgan fingerprint density at radius 2 is 2.20 bits per heavy atom. The molecule has 0 aliphatic rings. The Morgan fingerprint density at radius 3 is 2.73 bits per heavy atom. The normalized spacial score (nSPS) is 10.1. The fourth-order valence-electron chi connectivity index (χ4n) is 1.26. The second-order valence-electron chi connectivity index (χ2n) is 3.50. The van der Waals surface area contributed by atoms with Gasteiger partial charge in [-0.1, -0.05) is 6.07 Å². The highest BCUT2D eigenvalue weighted by Gasteiger charge is 2.11. The number of nitrogens with zero attached hydrogens (tertiary/aromatic N) is 2. The van der Waals surface area contributed by atoms with Gasteiger partial charge in [-0.25, -0.2) is 4.73 Å². The highest BCUT2D eigenvalue weighted by atomic mass is 16.5. The van der Waals surface area contributed by atoms with Crippen molar-refractivity contribution < 1.29 is 9.84 Å². The minimum absolute atomic E-state index is 0.135. The number of pyridine rings is 1. The summed E-state index contributed by atoms with van der Waals surface area (Å²) in [5.74, 6) is 0.526. The highest BCUT2D eigenvalue weighted by molar-refractivity contribution is 5.83. The van der Waals surface area contributed by atoms with Gasteiger partial charge in [0.1, 0.15) is 5.69 Å². The first kappa shape index (κ1) is 11.5. The van der Waals surface area contributed by atoms with Gasteiger partial charge in [0.25, 0.3) is 5.82 Å². The molecule has 0 aliphatic heterocycles. The van der Waals surface area contributed by atoms with E-state index in [0.717, 1.165) is 4.73 Å². The smallest absolute Gasteiger partial charge is 0.279 e. The first-order valence-electron chi connectivity index (χ1n) is 4.62. The Morgan fingerprint density at radius 1 is 1.53 bits per heavy atom. The summed E-state index contributed by atoms with van der Waals surface area (Å²) in [6, 6.07) is 5.13. The molecule has 0 amide bonds. The van der Waals surface area contributed by atoms with Gasteiger partial charge in [-0.15, -0.1) is 0 Å². The van der Waals surface area contributed by atoms with Crippen molar-refractivity contribution >= 4 is 11.5 Å². The van der Waals surface area contributed by atoms with Gasteiger partial charge in [-0.05, 0) is 6.07 Å². The Balaban J connectivity index is 2.99. The topological polar surface area (TPSA) is 74.3 Å². The van der Waals surface area contributed by atoms with Crippen molar-refractivity contribution in [3.63, 3.8) is 0 Å². The molecule has 1 rings (SSSR count). The SMILES string of the molecule is CN(C)c1cccc(CC(=N)CO)[n+]1[O-]. The summed E-state index contributed by atoms with van der Waals surface area (Å²) in [5.41, 5.74) is 0.607. The molecule has 82 valence electrons. The van der Waals surface area contributed by atoms with Gasteiger partial charge >= 0.3 is 0 Å². The van der Waals surface area contributed by atoms with E-state index in [-0.39, 0.29) is 18.7 Å². The Hall–Kier alpha value is -1.62. The number of aromatic nitrogens is 1. The molecule has 0 fully saturated rings. The van der Waals surface area contributed by atoms with Crippen LogP contribution < -0.4 is 9.63 Å². The van der Waals surface area contributed by atoms with Crippen LogP contribution in [0.2, 0.25) is 0 Å². The van der Waals surface area contributed by atoms with Gasteiger partial charge in [-0.3, -0.25) is 4.90 Å². The third-order valence-corrected chi connectivity index (χ3v) is 2.05. The molecule has 0 aliphatic carbocycles. The number of hydrogen-bond acceptors (Lipinski definition) is 4. The van der Waals surface area contributed by atoms with Crippen LogP contribution in [-0.4, -0.2) is 31.5 Å². The monoisotopic (exact) mass is 209 g/mol. The van der Waals surface area contributed by atoms with Gasteiger partial charge in [0.05, 0.1) is 20.7 Å². The third kappa shape index (κ3) is 2.66. The van der Waals surface area contributed by atoms with Crippen molar-refractivity contribution in [3.8, 4) is 0 Å². The van der Waals surface area contributed by atoms with Gasteiger partial charge < -0.3 is 15.7 Å². The van der Waals surface area contributed by atoms with E-state index in [0.29, 0.717) is 11.5 Å². The maximum atomic E-state index is 11.8. The molecule has 5 heteroatoms. The molecule has 1 heterocycles. The molecule has 0 saturated heterocycles. The zero-order chi connectivity index (χ0) is 11.4. The number of nitrogens with one attached hydrogen (secondary N) is 1. The predicted molar refractivity (Wildman–Crippen MR) is 58.2 cm³/mol. The minimum Gasteiger partial charge on any atom is -0.710 e. The van der Waals surface area contributed by atoms with E-state index < -0.39 is 0 Å². The summed E-state index contributed by atoms with van der Waals surface area (Å²) in [4.78, 5) is 1.71. The van der Waals surface area contributed by atoms with Gasteiger partial charge in [0, 0.05) is 18.2 Å². The standard InChI is InChI=1S/C10H15N3O2/c1-12(2)10-5-3-4-9(13(10)15)6-8(11)7-14/h3-5,11,14H,6-7H2,1-2H3. The van der Waals surface area contributed by atoms with E-state index in [1.165, 1.54) is 0 Å². The van der Waals surface area contributed by atoms with E-state index in [1.54, 1.807) is 37.2 Å². The second-order valence-corrected chi connectivity index (χ2v) is 3.50. The average Bonchev–Trinajstić information content (AvgIpc) is 2.20. The Kier molecular flexibility index (Phi) is 3.62. The van der Waals surface area contributed by atoms with E-state index in [4.69, 9.17) is 10.5 Å². The van der Waals surface area contributed by atoms with Crippen LogP contribution in [0.1, 0.15) is 5.69 Å². The van der Waals surface area contributed by atoms with E-state index >= 15 is 0 Å². The lowest BCUT2D eigenvalue weighted by Crippen LogP contribution is -2.39. The van der Waals surface area contributed by atoms with Crippen molar-refractivity contribution in [3.05, 3.63) is 29.1 Å². The molecule has 0 spiro atoms. The van der Waals surface area contributed by atoms with Crippen molar-refractivity contribution in [2.24, 2.45) is 0 Å². The molecule has 15 heavy (non-hydrogen) atoms. The molecule has 0 unspecified atom stereocenters. The molecule has 2 N–H and O–H groups in total. The van der Waals surface area contributed by atoms with Crippen molar-refractivity contribution in [2.45, 2.75) is 6.42 Å². The first-order chi connectivity index (χ1) is 7.06. The van der Waals surface area contributed by atoms with Crippen LogP contribution in [0, 0.1) is 10.6 Å². The maximum absolute atomic E-state index is 11.8. The lowest BCUT2D eigenvalue weighted by atomic mass is 10.2. The van der Waals surface area contributed by atoms with Crippen molar-refractivity contribution in [2.75, 3.05) is 25.6 Å². The molecule has 0 radical (unpaired) electrons. The van der Waals surface area contributed by atoms with Gasteiger partial charge in [0.2, 0.25) is 0 Å². The third-order valence-electron chi connectivity index (χ3n) is 2.05. The quantitative estimate of drug-likeness (QED) is 0.414. The number of aliphatic hydroxyl groups is 1. The average molecular weight is 209 g/mol. The summed E-state index contributed by atoms with van der Waals surface area (Å²) in [6.07, 6.45) is 0.182. The molecular formula is C10H15N3O2. The number of aliphatic hydroxyl groups excluding tert-OH is 1. The summed E-state index contributed by atoms with van der Waals surface area (Å²) in [5, 5.41) is 27.8. The van der Waals surface area contributed by atoms with Crippen LogP contribution in [0.3, 0.4) is 0 Å². The fraction of sp³-hybridized carbons (Fsp3) is 0.400. The molecule has 0 atom stereocenters. The summed E-state index contributed by atoms with van der Waals surface area (Å²) >= 11 is 0. The number of anilines is 1. The van der Waals surface area contributed by atoms with Crippen LogP contribution in [0.15, 0.2) is 18.2 Å². The van der Waals surface area contributed by atoms with Gasteiger partial charge in [-0.2, -0.15) is 0 Å². The van der Waals surface area contributed by atoms with Crippen LogP contribution in [0.5, 0.6) is 0 Å². The lowest BCUT2D eigenvalue weighted by molar-refractivity contribution is -0.599.